The van der Waals surface area contributed by atoms with Crippen LogP contribution in [-0.2, 0) is 6.54 Å². The lowest BCUT2D eigenvalue weighted by Gasteiger charge is -2.23. The third-order valence-corrected chi connectivity index (χ3v) is 2.94. The Bertz CT molecular complexity index is 551. The number of rotatable bonds is 5. The van der Waals surface area contributed by atoms with E-state index in [-0.39, 0.29) is 18.6 Å². The van der Waals surface area contributed by atoms with Crippen molar-refractivity contribution in [3.05, 3.63) is 37.2 Å². The molecule has 7 nitrogen and oxygen atoms in total. The lowest BCUT2D eigenvalue weighted by molar-refractivity contribution is -0.386. The molecule has 2 N–H and O–H groups in total. The van der Waals surface area contributed by atoms with Crippen LogP contribution < -0.4 is 10.9 Å². The summed E-state index contributed by atoms with van der Waals surface area (Å²) in [7, 11) is 0. The van der Waals surface area contributed by atoms with Crippen LogP contribution >= 0.6 is 15.9 Å². The molecular weight excluding hydrogens is 330 g/mol. The van der Waals surface area contributed by atoms with Crippen molar-refractivity contribution in [3.63, 3.8) is 0 Å². The number of aromatic nitrogens is 1. The fourth-order valence-corrected chi connectivity index (χ4v) is 2.03. The van der Waals surface area contributed by atoms with Gasteiger partial charge in [-0.2, -0.15) is 0 Å². The van der Waals surface area contributed by atoms with Gasteiger partial charge in [0.05, 0.1) is 17.6 Å². The second-order valence-electron chi connectivity index (χ2n) is 5.54. The molecule has 0 fully saturated rings. The van der Waals surface area contributed by atoms with Crippen LogP contribution in [0.3, 0.4) is 0 Å². The van der Waals surface area contributed by atoms with Crippen LogP contribution in [-0.4, -0.2) is 32.8 Å². The minimum Gasteiger partial charge on any atom is -0.390 e. The van der Waals surface area contributed by atoms with Crippen molar-refractivity contribution in [3.8, 4) is 0 Å². The van der Waals surface area contributed by atoms with E-state index in [1.165, 1.54) is 6.20 Å². The lowest BCUT2D eigenvalue weighted by Crippen LogP contribution is -2.42. The smallest absolute Gasteiger partial charge is 0.335 e. The Labute approximate surface area is 124 Å². The van der Waals surface area contributed by atoms with Crippen LogP contribution in [0.15, 0.2) is 21.5 Å². The number of hydrogen-bond acceptors (Lipinski definition) is 5. The molecule has 20 heavy (non-hydrogen) atoms. The van der Waals surface area contributed by atoms with Gasteiger partial charge in [0.2, 0.25) is 0 Å². The standard InChI is InChI=1S/C12H18BrN3O4/c1-12(2,3)14-5-9(17)7-15-6-8(13)4-10(11(15)18)16(19)20/h4,6,9,14,17H,5,7H2,1-3H3. The maximum Gasteiger partial charge on any atom is 0.335 e. The molecule has 1 aromatic heterocycles. The minimum atomic E-state index is -0.819. The van der Waals surface area contributed by atoms with E-state index in [1.54, 1.807) is 0 Å². The summed E-state index contributed by atoms with van der Waals surface area (Å²) in [5.74, 6) is 0. The Morgan fingerprint density at radius 1 is 1.55 bits per heavy atom. The number of halogens is 1. The van der Waals surface area contributed by atoms with Crippen LogP contribution in [0.4, 0.5) is 5.69 Å². The Balaban J connectivity index is 2.87. The normalized spacial score (nSPS) is 13.2. The van der Waals surface area contributed by atoms with Crippen molar-refractivity contribution in [1.82, 2.24) is 9.88 Å². The van der Waals surface area contributed by atoms with E-state index in [2.05, 4.69) is 21.2 Å². The first-order valence-electron chi connectivity index (χ1n) is 6.07. The maximum absolute atomic E-state index is 11.9. The molecule has 1 aromatic rings. The molecular formula is C12H18BrN3O4. The second kappa shape index (κ2) is 6.47. The highest BCUT2D eigenvalue weighted by atomic mass is 79.9. The van der Waals surface area contributed by atoms with Crippen LogP contribution in [0.5, 0.6) is 0 Å². The largest absolute Gasteiger partial charge is 0.390 e. The molecule has 0 radical (unpaired) electrons. The highest BCUT2D eigenvalue weighted by Gasteiger charge is 2.18. The molecule has 1 heterocycles. The summed E-state index contributed by atoms with van der Waals surface area (Å²) < 4.78 is 1.55. The second-order valence-corrected chi connectivity index (χ2v) is 6.46. The van der Waals surface area contributed by atoms with Gasteiger partial charge in [0.25, 0.3) is 0 Å². The molecule has 0 saturated heterocycles. The van der Waals surface area contributed by atoms with E-state index in [1.807, 2.05) is 20.8 Å². The van der Waals surface area contributed by atoms with E-state index < -0.39 is 22.3 Å². The van der Waals surface area contributed by atoms with Gasteiger partial charge in [-0.15, -0.1) is 0 Å². The van der Waals surface area contributed by atoms with Gasteiger partial charge in [-0.3, -0.25) is 14.9 Å². The molecule has 1 rings (SSSR count). The third-order valence-electron chi connectivity index (χ3n) is 2.51. The lowest BCUT2D eigenvalue weighted by atomic mass is 10.1. The van der Waals surface area contributed by atoms with E-state index in [4.69, 9.17) is 0 Å². The van der Waals surface area contributed by atoms with Crippen LogP contribution in [0.1, 0.15) is 20.8 Å². The van der Waals surface area contributed by atoms with Crippen molar-refractivity contribution in [2.24, 2.45) is 0 Å². The Morgan fingerprint density at radius 2 is 2.15 bits per heavy atom. The maximum atomic E-state index is 11.9. The molecule has 0 amide bonds. The van der Waals surface area contributed by atoms with Crippen molar-refractivity contribution in [1.29, 1.82) is 0 Å². The van der Waals surface area contributed by atoms with Gasteiger partial charge in [0.1, 0.15) is 0 Å². The van der Waals surface area contributed by atoms with Crippen molar-refractivity contribution in [2.45, 2.75) is 39.0 Å². The van der Waals surface area contributed by atoms with Crippen molar-refractivity contribution < 1.29 is 10.0 Å². The van der Waals surface area contributed by atoms with Gasteiger partial charge in [0, 0.05) is 28.8 Å². The first-order chi connectivity index (χ1) is 9.10. The first-order valence-corrected chi connectivity index (χ1v) is 6.87. The SMILES string of the molecule is CC(C)(C)NCC(O)Cn1cc(Br)cc([N+](=O)[O-])c1=O. The van der Waals surface area contributed by atoms with Crippen molar-refractivity contribution >= 4 is 21.6 Å². The molecule has 112 valence electrons. The van der Waals surface area contributed by atoms with Crippen molar-refractivity contribution in [2.75, 3.05) is 6.54 Å². The van der Waals surface area contributed by atoms with E-state index >= 15 is 0 Å². The zero-order valence-electron chi connectivity index (χ0n) is 11.6. The van der Waals surface area contributed by atoms with Gasteiger partial charge in [0.15, 0.2) is 0 Å². The van der Waals surface area contributed by atoms with E-state index in [9.17, 15) is 20.0 Å². The first kappa shape index (κ1) is 16.8. The topological polar surface area (TPSA) is 97.4 Å². The summed E-state index contributed by atoms with van der Waals surface area (Å²) >= 11 is 3.11. The predicted octanol–water partition coefficient (Wildman–Crippen LogP) is 1.27. The van der Waals surface area contributed by atoms with E-state index in [0.717, 1.165) is 10.6 Å². The molecule has 1 unspecified atom stereocenters. The predicted molar refractivity (Wildman–Crippen MR) is 78.8 cm³/mol. The summed E-state index contributed by atoms with van der Waals surface area (Å²) in [6, 6.07) is 1.15. The van der Waals surface area contributed by atoms with Gasteiger partial charge in [-0.25, -0.2) is 0 Å². The molecule has 0 saturated carbocycles. The summed E-state index contributed by atoms with van der Waals surface area (Å²) in [5.41, 5.74) is -1.40. The molecule has 0 aromatic carbocycles. The Morgan fingerprint density at radius 3 is 2.65 bits per heavy atom. The number of pyridine rings is 1. The number of β-amino-alcohol motifs (C(OH)–C–C–N with tert-alkyl or cyclic N) is 1. The molecule has 0 aliphatic heterocycles. The van der Waals surface area contributed by atoms with Gasteiger partial charge in [-0.1, -0.05) is 0 Å². The molecule has 0 aliphatic carbocycles. The zero-order chi connectivity index (χ0) is 15.5. The Hall–Kier alpha value is -1.25. The highest BCUT2D eigenvalue weighted by molar-refractivity contribution is 9.10. The number of nitro groups is 1. The number of hydrogen-bond donors (Lipinski definition) is 2. The fraction of sp³-hybridized carbons (Fsp3) is 0.583. The number of aliphatic hydroxyl groups is 1. The number of nitrogens with zero attached hydrogens (tertiary/aromatic N) is 2. The number of aliphatic hydroxyl groups excluding tert-OH is 1. The highest BCUT2D eigenvalue weighted by Crippen LogP contribution is 2.14. The summed E-state index contributed by atoms with van der Waals surface area (Å²) in [5, 5.41) is 23.8. The third kappa shape index (κ3) is 5.03. The van der Waals surface area contributed by atoms with Crippen LogP contribution in [0.25, 0.3) is 0 Å². The van der Waals surface area contributed by atoms with Crippen LogP contribution in [0.2, 0.25) is 0 Å². The average Bonchev–Trinajstić information content (AvgIpc) is 2.29. The van der Waals surface area contributed by atoms with Crippen LogP contribution in [0, 0.1) is 10.1 Å². The number of nitrogens with one attached hydrogen (secondary N) is 1. The fourth-order valence-electron chi connectivity index (χ4n) is 1.57. The molecule has 1 atom stereocenters. The van der Waals surface area contributed by atoms with Gasteiger partial charge < -0.3 is 15.0 Å². The average molecular weight is 348 g/mol. The summed E-state index contributed by atoms with van der Waals surface area (Å²) in [6.45, 7) is 6.14. The molecule has 0 spiro atoms. The monoisotopic (exact) mass is 347 g/mol. The quantitative estimate of drug-likeness (QED) is 0.617. The Kier molecular flexibility index (Phi) is 5.43. The van der Waals surface area contributed by atoms with E-state index in [0.29, 0.717) is 4.47 Å². The van der Waals surface area contributed by atoms with Gasteiger partial charge in [-0.05, 0) is 36.7 Å². The zero-order valence-corrected chi connectivity index (χ0v) is 13.2. The summed E-state index contributed by atoms with van der Waals surface area (Å²) in [6.07, 6.45) is 0.608. The van der Waals surface area contributed by atoms with Gasteiger partial charge >= 0.3 is 11.2 Å². The minimum absolute atomic E-state index is 0.0117. The molecule has 0 bridgehead atoms. The molecule has 0 aliphatic rings. The summed E-state index contributed by atoms with van der Waals surface area (Å²) in [4.78, 5) is 21.9. The molecule has 8 heteroatoms.